The van der Waals surface area contributed by atoms with E-state index in [4.69, 9.17) is 15.2 Å². The number of nitrogens with two attached hydrogens (primary N) is 1. The van der Waals surface area contributed by atoms with Crippen molar-refractivity contribution in [3.63, 3.8) is 0 Å². The van der Waals surface area contributed by atoms with Gasteiger partial charge in [0.1, 0.15) is 5.76 Å². The van der Waals surface area contributed by atoms with Gasteiger partial charge in [-0.15, -0.1) is 0 Å². The van der Waals surface area contributed by atoms with Gasteiger partial charge in [0, 0.05) is 11.8 Å². The smallest absolute Gasteiger partial charge is 0.286 e. The fourth-order valence-corrected chi connectivity index (χ4v) is 2.78. The minimum absolute atomic E-state index is 0.136. The van der Waals surface area contributed by atoms with Crippen molar-refractivity contribution in [1.82, 2.24) is 0 Å². The lowest BCUT2D eigenvalue weighted by Crippen LogP contribution is -2.12. The number of hydrogen-bond acceptors (Lipinski definition) is 3. The average molecular weight is 357 g/mol. The highest BCUT2D eigenvalue weighted by atomic mass is 16.5. The van der Waals surface area contributed by atoms with E-state index in [9.17, 15) is 0 Å². The van der Waals surface area contributed by atoms with E-state index in [-0.39, 0.29) is 6.02 Å². The van der Waals surface area contributed by atoms with E-state index in [0.29, 0.717) is 5.92 Å². The molecule has 26 heavy (non-hydrogen) atoms. The number of ether oxygens (including phenoxy) is 2. The van der Waals surface area contributed by atoms with Crippen molar-refractivity contribution in [1.29, 1.82) is 0 Å². The summed E-state index contributed by atoms with van der Waals surface area (Å²) in [5, 5.41) is 0. The molecule has 0 fully saturated rings. The van der Waals surface area contributed by atoms with Crippen LogP contribution in [0.15, 0.2) is 76.2 Å². The molecule has 0 aromatic rings. The molecule has 0 heterocycles. The van der Waals surface area contributed by atoms with Crippen LogP contribution in [0.1, 0.15) is 40.0 Å². The molecule has 1 atom stereocenters. The first-order valence-electron chi connectivity index (χ1n) is 9.18. The lowest BCUT2D eigenvalue weighted by Gasteiger charge is -2.15. The summed E-state index contributed by atoms with van der Waals surface area (Å²) in [4.78, 5) is 4.03. The summed E-state index contributed by atoms with van der Waals surface area (Å²) in [6.45, 7) is 6.13. The third-order valence-electron chi connectivity index (χ3n) is 4.16. The summed E-state index contributed by atoms with van der Waals surface area (Å²) in [6, 6.07) is 0.136. The number of allylic oxidation sites excluding steroid dienone is 9. The van der Waals surface area contributed by atoms with Gasteiger partial charge in [-0.25, -0.2) is 4.99 Å². The van der Waals surface area contributed by atoms with Crippen molar-refractivity contribution < 1.29 is 9.47 Å². The predicted octanol–water partition coefficient (Wildman–Crippen LogP) is 5.19. The number of aliphatic imine (C=N–C) groups is 1. The molecular weight excluding hydrogens is 324 g/mol. The van der Waals surface area contributed by atoms with Crippen LogP contribution in [0.3, 0.4) is 0 Å². The van der Waals surface area contributed by atoms with E-state index in [1.165, 1.54) is 18.3 Å². The molecule has 4 nitrogen and oxygen atoms in total. The Balaban J connectivity index is 0.00000163. The zero-order valence-electron chi connectivity index (χ0n) is 16.7. The van der Waals surface area contributed by atoms with E-state index >= 15 is 0 Å². The number of amidine groups is 1. The number of methoxy groups -OCH3 is 2. The SMILES string of the molecule is CC.COC1=CCCC(C2=CC=CC(C)=CC2)C=C1/C=C/N=C(N)OC. The van der Waals surface area contributed by atoms with Crippen LogP contribution in [-0.4, -0.2) is 20.2 Å². The Kier molecular flexibility index (Phi) is 9.91. The predicted molar refractivity (Wildman–Crippen MR) is 111 cm³/mol. The Hall–Kier alpha value is -2.49. The maximum Gasteiger partial charge on any atom is 0.286 e. The number of nitrogens with zero attached hydrogens (tertiary/aromatic N) is 1. The van der Waals surface area contributed by atoms with Crippen molar-refractivity contribution in [2.75, 3.05) is 14.2 Å². The highest BCUT2D eigenvalue weighted by Gasteiger charge is 2.17. The molecule has 0 saturated heterocycles. The fraction of sp³-hybridized carbons (Fsp3) is 0.409. The van der Waals surface area contributed by atoms with Gasteiger partial charge < -0.3 is 15.2 Å². The largest absolute Gasteiger partial charge is 0.496 e. The Labute approximate surface area is 158 Å². The number of hydrogen-bond donors (Lipinski definition) is 1. The summed E-state index contributed by atoms with van der Waals surface area (Å²) >= 11 is 0. The molecule has 0 aromatic carbocycles. The van der Waals surface area contributed by atoms with Crippen LogP contribution in [0.5, 0.6) is 0 Å². The van der Waals surface area contributed by atoms with E-state index in [0.717, 1.165) is 30.6 Å². The van der Waals surface area contributed by atoms with Crippen LogP contribution >= 0.6 is 0 Å². The lowest BCUT2D eigenvalue weighted by molar-refractivity contribution is 0.301. The van der Waals surface area contributed by atoms with Crippen molar-refractivity contribution in [3.05, 3.63) is 71.2 Å². The molecule has 2 aliphatic rings. The van der Waals surface area contributed by atoms with Gasteiger partial charge in [0.15, 0.2) is 0 Å². The first-order valence-corrected chi connectivity index (χ1v) is 9.18. The van der Waals surface area contributed by atoms with E-state index < -0.39 is 0 Å². The van der Waals surface area contributed by atoms with Crippen LogP contribution in [0, 0.1) is 5.92 Å². The molecular formula is C22H32N2O2. The van der Waals surface area contributed by atoms with Crippen LogP contribution in [0.2, 0.25) is 0 Å². The van der Waals surface area contributed by atoms with Crippen LogP contribution in [0.4, 0.5) is 0 Å². The van der Waals surface area contributed by atoms with Gasteiger partial charge in [-0.3, -0.25) is 0 Å². The van der Waals surface area contributed by atoms with Crippen LogP contribution in [0.25, 0.3) is 0 Å². The Morgan fingerprint density at radius 3 is 2.73 bits per heavy atom. The maximum absolute atomic E-state index is 5.55. The molecule has 1 unspecified atom stereocenters. The van der Waals surface area contributed by atoms with E-state index in [1.807, 2.05) is 19.9 Å². The topological polar surface area (TPSA) is 56.8 Å². The molecule has 2 rings (SSSR count). The minimum Gasteiger partial charge on any atom is -0.496 e. The summed E-state index contributed by atoms with van der Waals surface area (Å²) < 4.78 is 10.4. The summed E-state index contributed by atoms with van der Waals surface area (Å²) in [5.74, 6) is 1.25. The average Bonchev–Trinajstić information content (AvgIpc) is 3.01. The van der Waals surface area contributed by atoms with E-state index in [1.54, 1.807) is 13.3 Å². The number of rotatable bonds is 4. The third kappa shape index (κ3) is 6.79. The highest BCUT2D eigenvalue weighted by molar-refractivity contribution is 5.71. The van der Waals surface area contributed by atoms with Gasteiger partial charge in [0.25, 0.3) is 6.02 Å². The van der Waals surface area contributed by atoms with E-state index in [2.05, 4.69) is 48.4 Å². The van der Waals surface area contributed by atoms with Gasteiger partial charge in [-0.2, -0.15) is 0 Å². The van der Waals surface area contributed by atoms with Crippen molar-refractivity contribution in [2.24, 2.45) is 16.6 Å². The molecule has 0 spiro atoms. The Bertz CT molecular complexity index is 659. The quantitative estimate of drug-likeness (QED) is 0.557. The first-order chi connectivity index (χ1) is 12.6. The molecule has 2 N–H and O–H groups in total. The fourth-order valence-electron chi connectivity index (χ4n) is 2.78. The van der Waals surface area contributed by atoms with Crippen molar-refractivity contribution in [2.45, 2.75) is 40.0 Å². The van der Waals surface area contributed by atoms with Crippen LogP contribution in [-0.2, 0) is 9.47 Å². The summed E-state index contributed by atoms with van der Waals surface area (Å²) in [5.41, 5.74) is 9.29. The maximum atomic E-state index is 5.55. The van der Waals surface area contributed by atoms with Crippen molar-refractivity contribution in [3.8, 4) is 0 Å². The Morgan fingerprint density at radius 2 is 2.04 bits per heavy atom. The van der Waals surface area contributed by atoms with Gasteiger partial charge >= 0.3 is 0 Å². The Morgan fingerprint density at radius 1 is 1.27 bits per heavy atom. The second kappa shape index (κ2) is 12.0. The van der Waals surface area contributed by atoms with Gasteiger partial charge in [0.2, 0.25) is 0 Å². The monoisotopic (exact) mass is 356 g/mol. The normalized spacial score (nSPS) is 20.7. The standard InChI is InChI=1S/C20H26N2O2.C2H6/c1-15-6-4-7-16(11-10-15)17-8-5-9-19(23-2)18(14-17)12-13-22-20(21)24-3;1-2/h4,6-7,9-10,12-14,17H,5,8,11H2,1-3H3,(H2,21,22);1-2H3/b13-12+;. The second-order valence-electron chi connectivity index (χ2n) is 5.82. The highest BCUT2D eigenvalue weighted by Crippen LogP contribution is 2.31. The lowest BCUT2D eigenvalue weighted by atomic mass is 9.90. The molecule has 0 amide bonds. The summed E-state index contributed by atoms with van der Waals surface area (Å²) in [6.07, 6.45) is 19.8. The second-order valence-corrected chi connectivity index (χ2v) is 5.82. The zero-order valence-corrected chi connectivity index (χ0v) is 16.7. The molecule has 0 aromatic heterocycles. The first kappa shape index (κ1) is 21.6. The molecule has 4 heteroatoms. The van der Waals surface area contributed by atoms with Gasteiger partial charge in [-0.1, -0.05) is 55.4 Å². The summed E-state index contributed by atoms with van der Waals surface area (Å²) in [7, 11) is 3.19. The van der Waals surface area contributed by atoms with Crippen LogP contribution < -0.4 is 5.73 Å². The third-order valence-corrected chi connectivity index (χ3v) is 4.16. The molecule has 142 valence electrons. The molecule has 0 aliphatic heterocycles. The van der Waals surface area contributed by atoms with Gasteiger partial charge in [0.05, 0.1) is 14.2 Å². The van der Waals surface area contributed by atoms with Crippen molar-refractivity contribution >= 4 is 6.02 Å². The minimum atomic E-state index is 0.136. The molecule has 0 bridgehead atoms. The zero-order chi connectivity index (χ0) is 19.4. The molecule has 0 radical (unpaired) electrons. The van der Waals surface area contributed by atoms with Gasteiger partial charge in [-0.05, 0) is 44.3 Å². The molecule has 0 saturated carbocycles. The molecule has 2 aliphatic carbocycles.